The number of halogens is 2. The molecule has 0 saturated carbocycles. The van der Waals surface area contributed by atoms with E-state index in [0.29, 0.717) is 12.0 Å². The van der Waals surface area contributed by atoms with Crippen molar-refractivity contribution in [3.63, 3.8) is 0 Å². The summed E-state index contributed by atoms with van der Waals surface area (Å²) in [6.45, 7) is 0. The third-order valence-corrected chi connectivity index (χ3v) is 4.61. The highest BCUT2D eigenvalue weighted by Gasteiger charge is 2.33. The lowest BCUT2D eigenvalue weighted by Crippen LogP contribution is -2.29. The summed E-state index contributed by atoms with van der Waals surface area (Å²) >= 11 is 5.85. The van der Waals surface area contributed by atoms with Crippen LogP contribution in [0.5, 0.6) is 0 Å². The molecule has 1 N–H and O–H groups in total. The fraction of sp³-hybridized carbons (Fsp3) is 0.333. The van der Waals surface area contributed by atoms with Gasteiger partial charge >= 0.3 is 0 Å². The predicted molar refractivity (Wildman–Crippen MR) is 83.0 cm³/mol. The monoisotopic (exact) mass is 304 g/mol. The number of aryl methyl sites for hydroxylation is 1. The minimum absolute atomic E-state index is 0.109. The van der Waals surface area contributed by atoms with Gasteiger partial charge in [0.15, 0.2) is 0 Å². The lowest BCUT2D eigenvalue weighted by atomic mass is 9.82. The van der Waals surface area contributed by atoms with Gasteiger partial charge in [0.05, 0.1) is 10.6 Å². The molecule has 0 fully saturated rings. The molecule has 0 radical (unpaired) electrons. The minimum atomic E-state index is -1.02. The van der Waals surface area contributed by atoms with Crippen molar-refractivity contribution in [3.05, 3.63) is 70.0 Å². The zero-order valence-corrected chi connectivity index (χ0v) is 12.5. The van der Waals surface area contributed by atoms with Crippen molar-refractivity contribution in [1.82, 2.24) is 0 Å². The lowest BCUT2D eigenvalue weighted by Gasteiger charge is -2.29. The molecule has 0 aliphatic heterocycles. The molecule has 1 aliphatic rings. The molecule has 1 aliphatic carbocycles. The second-order valence-corrected chi connectivity index (χ2v) is 6.19. The summed E-state index contributed by atoms with van der Waals surface area (Å²) < 4.78 is 14.2. The number of hydrogen-bond acceptors (Lipinski definition) is 1. The Kier molecular flexibility index (Phi) is 4.01. The minimum Gasteiger partial charge on any atom is -0.385 e. The van der Waals surface area contributed by atoms with Crippen LogP contribution in [-0.2, 0) is 18.4 Å². The van der Waals surface area contributed by atoms with Gasteiger partial charge < -0.3 is 5.11 Å². The van der Waals surface area contributed by atoms with E-state index >= 15 is 0 Å². The SMILES string of the molecule is OC1(Cc2cccc(Cl)c2F)CCCCc2ccccc21. The zero-order chi connectivity index (χ0) is 14.9. The standard InChI is InChI=1S/C18H18ClFO/c19-16-10-5-8-14(17(16)20)12-18(21)11-4-3-7-13-6-1-2-9-15(13)18/h1-2,5-6,8-10,21H,3-4,7,11-12H2. The van der Waals surface area contributed by atoms with Gasteiger partial charge in [0.25, 0.3) is 0 Å². The summed E-state index contributed by atoms with van der Waals surface area (Å²) in [5.74, 6) is -0.422. The van der Waals surface area contributed by atoms with Crippen LogP contribution in [0.25, 0.3) is 0 Å². The molecule has 0 bridgehead atoms. The molecule has 1 atom stereocenters. The summed E-state index contributed by atoms with van der Waals surface area (Å²) in [5.41, 5.74) is 1.56. The summed E-state index contributed by atoms with van der Waals surface area (Å²) in [6.07, 6.45) is 3.87. The van der Waals surface area contributed by atoms with Crippen molar-refractivity contribution in [2.24, 2.45) is 0 Å². The van der Waals surface area contributed by atoms with Crippen molar-refractivity contribution >= 4 is 11.6 Å². The van der Waals surface area contributed by atoms with E-state index in [0.717, 1.165) is 24.8 Å². The van der Waals surface area contributed by atoms with Crippen LogP contribution in [-0.4, -0.2) is 5.11 Å². The normalized spacial score (nSPS) is 21.7. The van der Waals surface area contributed by atoms with Crippen LogP contribution in [0.1, 0.15) is 36.0 Å². The van der Waals surface area contributed by atoms with E-state index in [1.807, 2.05) is 18.2 Å². The second-order valence-electron chi connectivity index (χ2n) is 5.79. The summed E-state index contributed by atoms with van der Waals surface area (Å²) in [7, 11) is 0. The van der Waals surface area contributed by atoms with Crippen molar-refractivity contribution < 1.29 is 9.50 Å². The number of rotatable bonds is 2. The predicted octanol–water partition coefficient (Wildman–Crippen LogP) is 4.64. The third-order valence-electron chi connectivity index (χ3n) is 4.32. The van der Waals surface area contributed by atoms with E-state index in [4.69, 9.17) is 11.6 Å². The molecular weight excluding hydrogens is 287 g/mol. The van der Waals surface area contributed by atoms with E-state index in [2.05, 4.69) is 6.07 Å². The molecule has 1 nitrogen and oxygen atoms in total. The highest BCUT2D eigenvalue weighted by Crippen LogP contribution is 2.37. The van der Waals surface area contributed by atoms with Gasteiger partial charge in [0, 0.05) is 6.42 Å². The molecule has 1 unspecified atom stereocenters. The zero-order valence-electron chi connectivity index (χ0n) is 11.8. The number of fused-ring (bicyclic) bond motifs is 1. The largest absolute Gasteiger partial charge is 0.385 e. The smallest absolute Gasteiger partial charge is 0.145 e. The molecule has 0 saturated heterocycles. The topological polar surface area (TPSA) is 20.2 Å². The van der Waals surface area contributed by atoms with Crippen LogP contribution < -0.4 is 0 Å². The molecule has 0 aromatic heterocycles. The van der Waals surface area contributed by atoms with Crippen molar-refractivity contribution in [3.8, 4) is 0 Å². The molecule has 2 aromatic carbocycles. The van der Waals surface area contributed by atoms with E-state index in [1.54, 1.807) is 12.1 Å². The Morgan fingerprint density at radius 2 is 1.90 bits per heavy atom. The van der Waals surface area contributed by atoms with Gasteiger partial charge in [0.2, 0.25) is 0 Å². The third kappa shape index (κ3) is 2.83. The molecule has 2 aromatic rings. The molecule has 0 heterocycles. The maximum absolute atomic E-state index is 14.2. The molecule has 110 valence electrons. The number of benzene rings is 2. The maximum atomic E-state index is 14.2. The van der Waals surface area contributed by atoms with Crippen LogP contribution in [0.3, 0.4) is 0 Å². The van der Waals surface area contributed by atoms with Crippen molar-refractivity contribution in [1.29, 1.82) is 0 Å². The molecule has 3 rings (SSSR count). The van der Waals surface area contributed by atoms with Crippen LogP contribution in [0.4, 0.5) is 4.39 Å². The van der Waals surface area contributed by atoms with E-state index in [-0.39, 0.29) is 11.4 Å². The Labute approximate surface area is 129 Å². The number of hydrogen-bond donors (Lipinski definition) is 1. The Hall–Kier alpha value is -1.38. The van der Waals surface area contributed by atoms with Crippen LogP contribution in [0.15, 0.2) is 42.5 Å². The molecule has 0 amide bonds. The van der Waals surface area contributed by atoms with Gasteiger partial charge in [-0.2, -0.15) is 0 Å². The van der Waals surface area contributed by atoms with Gasteiger partial charge in [-0.25, -0.2) is 4.39 Å². The molecule has 0 spiro atoms. The second kappa shape index (κ2) is 5.78. The van der Waals surface area contributed by atoms with Gasteiger partial charge in [0.1, 0.15) is 5.82 Å². The molecular formula is C18H18ClFO. The Morgan fingerprint density at radius 3 is 2.76 bits per heavy atom. The van der Waals surface area contributed by atoms with Crippen LogP contribution in [0, 0.1) is 5.82 Å². The average molecular weight is 305 g/mol. The van der Waals surface area contributed by atoms with Crippen molar-refractivity contribution in [2.45, 2.75) is 37.7 Å². The Bertz CT molecular complexity index is 655. The van der Waals surface area contributed by atoms with Gasteiger partial charge in [-0.3, -0.25) is 0 Å². The van der Waals surface area contributed by atoms with Crippen molar-refractivity contribution in [2.75, 3.05) is 0 Å². The Morgan fingerprint density at radius 1 is 1.10 bits per heavy atom. The molecule has 3 heteroatoms. The van der Waals surface area contributed by atoms with Gasteiger partial charge in [-0.05, 0) is 48.4 Å². The fourth-order valence-electron chi connectivity index (χ4n) is 3.24. The average Bonchev–Trinajstić information content (AvgIpc) is 2.64. The Balaban J connectivity index is 2.02. The van der Waals surface area contributed by atoms with Gasteiger partial charge in [-0.15, -0.1) is 0 Å². The van der Waals surface area contributed by atoms with Gasteiger partial charge in [-0.1, -0.05) is 48.0 Å². The quantitative estimate of drug-likeness (QED) is 0.802. The van der Waals surface area contributed by atoms with E-state index in [9.17, 15) is 9.50 Å². The highest BCUT2D eigenvalue weighted by molar-refractivity contribution is 6.30. The van der Waals surface area contributed by atoms with E-state index < -0.39 is 11.4 Å². The first-order valence-electron chi connectivity index (χ1n) is 7.34. The first-order chi connectivity index (χ1) is 10.1. The fourth-order valence-corrected chi connectivity index (χ4v) is 3.44. The summed E-state index contributed by atoms with van der Waals surface area (Å²) in [4.78, 5) is 0. The molecule has 21 heavy (non-hydrogen) atoms. The summed E-state index contributed by atoms with van der Waals surface area (Å²) in [6, 6.07) is 12.9. The highest BCUT2D eigenvalue weighted by atomic mass is 35.5. The summed E-state index contributed by atoms with van der Waals surface area (Å²) in [5, 5.41) is 11.3. The first-order valence-corrected chi connectivity index (χ1v) is 7.72. The number of aliphatic hydroxyl groups is 1. The van der Waals surface area contributed by atoms with Crippen LogP contribution >= 0.6 is 11.6 Å². The maximum Gasteiger partial charge on any atom is 0.145 e. The first kappa shape index (κ1) is 14.6. The van der Waals surface area contributed by atoms with E-state index in [1.165, 1.54) is 11.6 Å². The lowest BCUT2D eigenvalue weighted by molar-refractivity contribution is 0.0264. The van der Waals surface area contributed by atoms with Crippen LogP contribution in [0.2, 0.25) is 5.02 Å².